The van der Waals surface area contributed by atoms with Gasteiger partial charge in [0, 0.05) is 11.2 Å². The predicted octanol–water partition coefficient (Wildman–Crippen LogP) is 2.81. The number of benzene rings is 2. The standard InChI is InChI=1S/C18H11ClN4O3/c19-12-3-7-14(8-4-12)23-17(25)15(16(24)22-18(23)26)10-21-13-5-1-11(9-20)2-6-13/h1-8,10,15H,(H,22,24,26)/t15-/m0/s1. The Morgan fingerprint density at radius 3 is 2.35 bits per heavy atom. The van der Waals surface area contributed by atoms with Gasteiger partial charge < -0.3 is 0 Å². The second-order valence-electron chi connectivity index (χ2n) is 5.36. The van der Waals surface area contributed by atoms with Gasteiger partial charge in [0.25, 0.3) is 5.91 Å². The van der Waals surface area contributed by atoms with Gasteiger partial charge in [-0.25, -0.2) is 9.69 Å². The molecular formula is C18H11ClN4O3. The highest BCUT2D eigenvalue weighted by atomic mass is 35.5. The minimum absolute atomic E-state index is 0.293. The van der Waals surface area contributed by atoms with Gasteiger partial charge in [0.1, 0.15) is 0 Å². The van der Waals surface area contributed by atoms with Crippen LogP contribution in [0.1, 0.15) is 5.56 Å². The Labute approximate surface area is 153 Å². The van der Waals surface area contributed by atoms with E-state index in [1.54, 1.807) is 24.3 Å². The van der Waals surface area contributed by atoms with Gasteiger partial charge in [-0.3, -0.25) is 19.9 Å². The zero-order valence-electron chi connectivity index (χ0n) is 13.2. The molecule has 3 rings (SSSR count). The van der Waals surface area contributed by atoms with Gasteiger partial charge in [-0.2, -0.15) is 5.26 Å². The first-order valence-electron chi connectivity index (χ1n) is 7.48. The number of amides is 4. The topological polar surface area (TPSA) is 103 Å². The Hall–Kier alpha value is -3.50. The van der Waals surface area contributed by atoms with Crippen molar-refractivity contribution in [2.24, 2.45) is 10.9 Å². The number of hydrogen-bond donors (Lipinski definition) is 1. The Kier molecular flexibility index (Phi) is 4.78. The summed E-state index contributed by atoms with van der Waals surface area (Å²) >= 11 is 5.81. The Bertz CT molecular complexity index is 946. The summed E-state index contributed by atoms with van der Waals surface area (Å²) in [5.74, 6) is -2.71. The van der Waals surface area contributed by atoms with Crippen molar-refractivity contribution in [2.75, 3.05) is 4.90 Å². The number of carbonyl (C=O) groups excluding carboxylic acids is 3. The van der Waals surface area contributed by atoms with Crippen molar-refractivity contribution in [3.63, 3.8) is 0 Å². The lowest BCUT2D eigenvalue weighted by molar-refractivity contribution is -0.131. The molecule has 1 aliphatic rings. The Balaban J connectivity index is 1.86. The number of rotatable bonds is 3. The van der Waals surface area contributed by atoms with Crippen molar-refractivity contribution in [3.8, 4) is 6.07 Å². The minimum Gasteiger partial charge on any atom is -0.276 e. The van der Waals surface area contributed by atoms with Crippen LogP contribution in [0.15, 0.2) is 53.5 Å². The summed E-state index contributed by atoms with van der Waals surface area (Å²) in [4.78, 5) is 41.7. The average molecular weight is 367 g/mol. The number of nitrogens with one attached hydrogen (secondary N) is 1. The van der Waals surface area contributed by atoms with Crippen molar-refractivity contribution in [1.82, 2.24) is 5.32 Å². The molecule has 1 heterocycles. The second kappa shape index (κ2) is 7.17. The normalized spacial score (nSPS) is 17.3. The third kappa shape index (κ3) is 3.45. The molecule has 1 fully saturated rings. The van der Waals surface area contributed by atoms with Gasteiger partial charge in [-0.15, -0.1) is 0 Å². The molecule has 0 aliphatic carbocycles. The molecule has 1 atom stereocenters. The van der Waals surface area contributed by atoms with Gasteiger partial charge in [-0.1, -0.05) is 11.6 Å². The van der Waals surface area contributed by atoms with Crippen LogP contribution in [0.2, 0.25) is 5.02 Å². The number of barbiturate groups is 1. The van der Waals surface area contributed by atoms with Gasteiger partial charge in [0.2, 0.25) is 5.91 Å². The summed E-state index contributed by atoms with van der Waals surface area (Å²) in [7, 11) is 0. The van der Waals surface area contributed by atoms with Crippen LogP contribution < -0.4 is 10.2 Å². The number of urea groups is 1. The van der Waals surface area contributed by atoms with E-state index in [9.17, 15) is 14.4 Å². The molecule has 1 saturated heterocycles. The van der Waals surface area contributed by atoms with Crippen molar-refractivity contribution >= 4 is 47.0 Å². The van der Waals surface area contributed by atoms with Crippen molar-refractivity contribution in [3.05, 3.63) is 59.1 Å². The number of anilines is 1. The SMILES string of the molecule is N#Cc1ccc(N=C[C@H]2C(=O)NC(=O)N(c3ccc(Cl)cc3)C2=O)cc1. The molecule has 0 unspecified atom stereocenters. The maximum absolute atomic E-state index is 12.6. The van der Waals surface area contributed by atoms with Gasteiger partial charge >= 0.3 is 6.03 Å². The lowest BCUT2D eigenvalue weighted by Crippen LogP contribution is -2.58. The van der Waals surface area contributed by atoms with Crippen LogP contribution in [0, 0.1) is 17.2 Å². The number of carbonyl (C=O) groups is 3. The van der Waals surface area contributed by atoms with Crippen LogP contribution in [-0.4, -0.2) is 24.1 Å². The van der Waals surface area contributed by atoms with Crippen LogP contribution in [-0.2, 0) is 9.59 Å². The fraction of sp³-hybridized carbons (Fsp3) is 0.0556. The molecule has 26 heavy (non-hydrogen) atoms. The van der Waals surface area contributed by atoms with Gasteiger partial charge in [-0.05, 0) is 48.5 Å². The maximum Gasteiger partial charge on any atom is 0.335 e. The highest BCUT2D eigenvalue weighted by Gasteiger charge is 2.40. The lowest BCUT2D eigenvalue weighted by Gasteiger charge is -2.28. The summed E-state index contributed by atoms with van der Waals surface area (Å²) < 4.78 is 0. The summed E-state index contributed by atoms with van der Waals surface area (Å²) in [6, 6.07) is 13.5. The first kappa shape index (κ1) is 17.3. The summed E-state index contributed by atoms with van der Waals surface area (Å²) in [6.45, 7) is 0. The van der Waals surface area contributed by atoms with Crippen LogP contribution in [0.25, 0.3) is 0 Å². The number of aliphatic imine (C=N–C) groups is 1. The molecule has 2 aromatic carbocycles. The van der Waals surface area contributed by atoms with Crippen LogP contribution in [0.5, 0.6) is 0 Å². The van der Waals surface area contributed by atoms with E-state index in [1.165, 1.54) is 30.5 Å². The highest BCUT2D eigenvalue weighted by Crippen LogP contribution is 2.22. The molecule has 1 aliphatic heterocycles. The molecule has 0 saturated carbocycles. The molecule has 1 N–H and O–H groups in total. The van der Waals surface area contributed by atoms with E-state index >= 15 is 0 Å². The minimum atomic E-state index is -1.25. The molecule has 8 heteroatoms. The maximum atomic E-state index is 12.6. The largest absolute Gasteiger partial charge is 0.335 e. The fourth-order valence-corrected chi connectivity index (χ4v) is 2.47. The summed E-state index contributed by atoms with van der Waals surface area (Å²) in [5, 5.41) is 11.4. The van der Waals surface area contributed by atoms with Gasteiger partial charge in [0.05, 0.1) is 23.0 Å². The van der Waals surface area contributed by atoms with Crippen molar-refractivity contribution in [1.29, 1.82) is 5.26 Å². The van der Waals surface area contributed by atoms with E-state index in [4.69, 9.17) is 16.9 Å². The van der Waals surface area contributed by atoms with E-state index in [1.807, 2.05) is 6.07 Å². The second-order valence-corrected chi connectivity index (χ2v) is 5.80. The first-order chi connectivity index (χ1) is 12.5. The van der Waals surface area contributed by atoms with Crippen molar-refractivity contribution < 1.29 is 14.4 Å². The zero-order chi connectivity index (χ0) is 18.7. The molecule has 2 aromatic rings. The van der Waals surface area contributed by atoms with Crippen LogP contribution in [0.4, 0.5) is 16.2 Å². The highest BCUT2D eigenvalue weighted by molar-refractivity contribution is 6.33. The zero-order valence-corrected chi connectivity index (χ0v) is 14.0. The number of halogens is 1. The summed E-state index contributed by atoms with van der Waals surface area (Å²) in [6.07, 6.45) is 1.18. The molecule has 0 spiro atoms. The predicted molar refractivity (Wildman–Crippen MR) is 95.3 cm³/mol. The van der Waals surface area contributed by atoms with E-state index in [0.29, 0.717) is 22.0 Å². The van der Waals surface area contributed by atoms with Gasteiger partial charge in [0.15, 0.2) is 5.92 Å². The average Bonchev–Trinajstić information content (AvgIpc) is 2.63. The molecule has 0 radical (unpaired) electrons. The molecule has 7 nitrogen and oxygen atoms in total. The Morgan fingerprint density at radius 2 is 1.73 bits per heavy atom. The van der Waals surface area contributed by atoms with E-state index < -0.39 is 23.8 Å². The number of imide groups is 2. The first-order valence-corrected chi connectivity index (χ1v) is 7.86. The quantitative estimate of drug-likeness (QED) is 0.666. The molecule has 128 valence electrons. The molecule has 0 bridgehead atoms. The third-order valence-corrected chi connectivity index (χ3v) is 3.91. The van der Waals surface area contributed by atoms with E-state index in [2.05, 4.69) is 10.3 Å². The third-order valence-electron chi connectivity index (χ3n) is 3.66. The van der Waals surface area contributed by atoms with E-state index in [0.717, 1.165) is 4.90 Å². The number of nitriles is 1. The summed E-state index contributed by atoms with van der Waals surface area (Å²) in [5.41, 5.74) is 1.23. The lowest BCUT2D eigenvalue weighted by atomic mass is 10.1. The van der Waals surface area contributed by atoms with E-state index in [-0.39, 0.29) is 0 Å². The van der Waals surface area contributed by atoms with Crippen LogP contribution >= 0.6 is 11.6 Å². The smallest absolute Gasteiger partial charge is 0.276 e. The Morgan fingerprint density at radius 1 is 1.08 bits per heavy atom. The number of nitrogens with zero attached hydrogens (tertiary/aromatic N) is 3. The monoisotopic (exact) mass is 366 g/mol. The molecular weight excluding hydrogens is 356 g/mol. The fourth-order valence-electron chi connectivity index (χ4n) is 2.34. The molecule has 4 amide bonds. The molecule has 0 aromatic heterocycles. The van der Waals surface area contributed by atoms with Crippen LogP contribution in [0.3, 0.4) is 0 Å². The van der Waals surface area contributed by atoms with Crippen molar-refractivity contribution in [2.45, 2.75) is 0 Å². The number of hydrogen-bond acceptors (Lipinski definition) is 5.